The zero-order valence-electron chi connectivity index (χ0n) is 11.6. The average Bonchev–Trinajstić information content (AvgIpc) is 2.98. The lowest BCUT2D eigenvalue weighted by atomic mass is 9.77. The maximum Gasteiger partial charge on any atom is 0.222 e. The first-order valence-electron chi connectivity index (χ1n) is 7.09. The molecule has 4 heteroatoms. The van der Waals surface area contributed by atoms with Crippen molar-refractivity contribution in [2.24, 2.45) is 5.41 Å². The van der Waals surface area contributed by atoms with Gasteiger partial charge in [0.2, 0.25) is 5.91 Å². The summed E-state index contributed by atoms with van der Waals surface area (Å²) in [6.45, 7) is 3.98. The largest absolute Gasteiger partial charge is 0.396 e. The van der Waals surface area contributed by atoms with Crippen LogP contribution in [0, 0.1) is 5.41 Å². The number of piperidine rings is 1. The molecule has 106 valence electrons. The van der Waals surface area contributed by atoms with E-state index in [0.717, 1.165) is 38.8 Å². The third-order valence-electron chi connectivity index (χ3n) is 4.47. The Kier molecular flexibility index (Phi) is 4.99. The van der Waals surface area contributed by atoms with E-state index in [2.05, 4.69) is 23.8 Å². The highest BCUT2D eigenvalue weighted by Gasteiger charge is 2.33. The second-order valence-corrected chi connectivity index (χ2v) is 6.30. The lowest BCUT2D eigenvalue weighted by Gasteiger charge is -2.40. The van der Waals surface area contributed by atoms with Crippen LogP contribution in [0.5, 0.6) is 0 Å². The fourth-order valence-electron chi connectivity index (χ4n) is 2.70. The highest BCUT2D eigenvalue weighted by Crippen LogP contribution is 2.34. The number of rotatable bonds is 5. The molecule has 1 aliphatic rings. The van der Waals surface area contributed by atoms with Gasteiger partial charge in [-0.3, -0.25) is 4.79 Å². The van der Waals surface area contributed by atoms with E-state index >= 15 is 0 Å². The number of likely N-dealkylation sites (tertiary alicyclic amines) is 1. The van der Waals surface area contributed by atoms with Crippen molar-refractivity contribution < 1.29 is 9.90 Å². The Labute approximate surface area is 119 Å². The second-order valence-electron chi connectivity index (χ2n) is 5.52. The summed E-state index contributed by atoms with van der Waals surface area (Å²) in [7, 11) is 0. The fourth-order valence-corrected chi connectivity index (χ4v) is 3.40. The molecule has 1 saturated heterocycles. The van der Waals surface area contributed by atoms with E-state index in [4.69, 9.17) is 0 Å². The van der Waals surface area contributed by atoms with Gasteiger partial charge in [-0.1, -0.05) is 6.92 Å². The number of aliphatic hydroxyl groups is 1. The van der Waals surface area contributed by atoms with Crippen LogP contribution in [-0.2, 0) is 11.2 Å². The summed E-state index contributed by atoms with van der Waals surface area (Å²) >= 11 is 1.68. The zero-order valence-corrected chi connectivity index (χ0v) is 12.4. The molecule has 1 fully saturated rings. The summed E-state index contributed by atoms with van der Waals surface area (Å²) in [5.41, 5.74) is 1.32. The Bertz CT molecular complexity index is 388. The zero-order chi connectivity index (χ0) is 13.7. The van der Waals surface area contributed by atoms with E-state index < -0.39 is 0 Å². The number of aryl methyl sites for hydroxylation is 1. The van der Waals surface area contributed by atoms with Crippen LogP contribution in [0.2, 0.25) is 0 Å². The minimum atomic E-state index is 0.0597. The standard InChI is InChI=1S/C15H23NO2S/c1-2-15(12-17)6-8-16(9-7-15)14(18)4-3-13-5-10-19-11-13/h5,10-11,17H,2-4,6-9,12H2,1H3. The molecule has 1 aromatic heterocycles. The van der Waals surface area contributed by atoms with Crippen LogP contribution in [0.25, 0.3) is 0 Å². The minimum Gasteiger partial charge on any atom is -0.396 e. The van der Waals surface area contributed by atoms with Gasteiger partial charge in [0.25, 0.3) is 0 Å². The Morgan fingerprint density at radius 3 is 2.74 bits per heavy atom. The van der Waals surface area contributed by atoms with Gasteiger partial charge in [0.05, 0.1) is 0 Å². The Morgan fingerprint density at radius 1 is 1.47 bits per heavy atom. The molecular formula is C15H23NO2S. The molecular weight excluding hydrogens is 258 g/mol. The summed E-state index contributed by atoms with van der Waals surface area (Å²) in [5.74, 6) is 0.258. The van der Waals surface area contributed by atoms with Gasteiger partial charge >= 0.3 is 0 Å². The Morgan fingerprint density at radius 2 is 2.21 bits per heavy atom. The molecule has 0 spiro atoms. The van der Waals surface area contributed by atoms with Crippen LogP contribution >= 0.6 is 11.3 Å². The number of carbonyl (C=O) groups excluding carboxylic acids is 1. The van der Waals surface area contributed by atoms with Crippen molar-refractivity contribution in [3.63, 3.8) is 0 Å². The van der Waals surface area contributed by atoms with Crippen molar-refractivity contribution in [3.05, 3.63) is 22.4 Å². The molecule has 1 aromatic rings. The molecule has 0 aliphatic carbocycles. The first-order valence-corrected chi connectivity index (χ1v) is 8.03. The maximum atomic E-state index is 12.1. The quantitative estimate of drug-likeness (QED) is 0.901. The van der Waals surface area contributed by atoms with E-state index in [1.807, 2.05) is 4.90 Å². The van der Waals surface area contributed by atoms with Gasteiger partial charge in [-0.2, -0.15) is 11.3 Å². The van der Waals surface area contributed by atoms with Crippen LogP contribution in [0.3, 0.4) is 0 Å². The van der Waals surface area contributed by atoms with Crippen molar-refractivity contribution in [3.8, 4) is 0 Å². The van der Waals surface area contributed by atoms with Crippen molar-refractivity contribution >= 4 is 17.2 Å². The number of hydrogen-bond donors (Lipinski definition) is 1. The van der Waals surface area contributed by atoms with E-state index in [-0.39, 0.29) is 17.9 Å². The fraction of sp³-hybridized carbons (Fsp3) is 0.667. The number of thiophene rings is 1. The van der Waals surface area contributed by atoms with E-state index in [0.29, 0.717) is 6.42 Å². The number of aliphatic hydroxyl groups excluding tert-OH is 1. The van der Waals surface area contributed by atoms with Gasteiger partial charge in [0.1, 0.15) is 0 Å². The normalized spacial score (nSPS) is 18.5. The first kappa shape index (κ1) is 14.5. The van der Waals surface area contributed by atoms with Crippen LogP contribution in [0.4, 0.5) is 0 Å². The van der Waals surface area contributed by atoms with Crippen LogP contribution < -0.4 is 0 Å². The second kappa shape index (κ2) is 6.53. The minimum absolute atomic E-state index is 0.0597. The average molecular weight is 281 g/mol. The number of hydrogen-bond acceptors (Lipinski definition) is 3. The number of nitrogens with zero attached hydrogens (tertiary/aromatic N) is 1. The molecule has 19 heavy (non-hydrogen) atoms. The number of amides is 1. The van der Waals surface area contributed by atoms with E-state index in [1.54, 1.807) is 11.3 Å². The molecule has 0 atom stereocenters. The topological polar surface area (TPSA) is 40.5 Å². The van der Waals surface area contributed by atoms with Gasteiger partial charge in [-0.15, -0.1) is 0 Å². The summed E-state index contributed by atoms with van der Waals surface area (Å²) in [6.07, 6.45) is 4.32. The molecule has 0 radical (unpaired) electrons. The molecule has 0 saturated carbocycles. The molecule has 0 bridgehead atoms. The molecule has 2 rings (SSSR count). The molecule has 1 N–H and O–H groups in total. The molecule has 0 unspecified atom stereocenters. The molecule has 2 heterocycles. The predicted octanol–water partition coefficient (Wildman–Crippen LogP) is 2.69. The summed E-state index contributed by atoms with van der Waals surface area (Å²) in [4.78, 5) is 14.1. The molecule has 0 aromatic carbocycles. The molecule has 3 nitrogen and oxygen atoms in total. The third kappa shape index (κ3) is 3.57. The molecule has 1 aliphatic heterocycles. The maximum absolute atomic E-state index is 12.1. The van der Waals surface area contributed by atoms with Crippen molar-refractivity contribution in [2.75, 3.05) is 19.7 Å². The third-order valence-corrected chi connectivity index (χ3v) is 5.20. The smallest absolute Gasteiger partial charge is 0.222 e. The van der Waals surface area contributed by atoms with Crippen LogP contribution in [0.15, 0.2) is 16.8 Å². The SMILES string of the molecule is CCC1(CO)CCN(C(=O)CCc2ccsc2)CC1. The van der Waals surface area contributed by atoms with Crippen molar-refractivity contribution in [1.29, 1.82) is 0 Å². The monoisotopic (exact) mass is 281 g/mol. The summed E-state index contributed by atoms with van der Waals surface area (Å²) < 4.78 is 0. The molecule has 1 amide bonds. The first-order chi connectivity index (χ1) is 9.19. The van der Waals surface area contributed by atoms with E-state index in [9.17, 15) is 9.90 Å². The van der Waals surface area contributed by atoms with Gasteiger partial charge in [-0.25, -0.2) is 0 Å². The Balaban J connectivity index is 1.79. The van der Waals surface area contributed by atoms with Gasteiger partial charge in [-0.05, 0) is 53.5 Å². The Hall–Kier alpha value is -0.870. The number of carbonyl (C=O) groups is 1. The highest BCUT2D eigenvalue weighted by atomic mass is 32.1. The van der Waals surface area contributed by atoms with Gasteiger partial charge in [0, 0.05) is 26.1 Å². The lowest BCUT2D eigenvalue weighted by molar-refractivity contribution is -0.134. The van der Waals surface area contributed by atoms with Crippen LogP contribution in [0.1, 0.15) is 38.2 Å². The summed E-state index contributed by atoms with van der Waals surface area (Å²) in [6, 6.07) is 2.09. The van der Waals surface area contributed by atoms with Gasteiger partial charge in [0.15, 0.2) is 0 Å². The van der Waals surface area contributed by atoms with Crippen LogP contribution in [-0.4, -0.2) is 35.6 Å². The van der Waals surface area contributed by atoms with Gasteiger partial charge < -0.3 is 10.0 Å². The predicted molar refractivity (Wildman–Crippen MR) is 78.3 cm³/mol. The lowest BCUT2D eigenvalue weighted by Crippen LogP contribution is -2.44. The van der Waals surface area contributed by atoms with Crippen molar-refractivity contribution in [2.45, 2.75) is 39.0 Å². The highest BCUT2D eigenvalue weighted by molar-refractivity contribution is 7.07. The van der Waals surface area contributed by atoms with E-state index in [1.165, 1.54) is 5.56 Å². The summed E-state index contributed by atoms with van der Waals surface area (Å²) in [5, 5.41) is 13.7. The van der Waals surface area contributed by atoms with Crippen molar-refractivity contribution in [1.82, 2.24) is 4.90 Å².